The second-order valence-corrected chi connectivity index (χ2v) is 6.00. The lowest BCUT2D eigenvalue weighted by Crippen LogP contribution is -2.41. The second-order valence-electron chi connectivity index (χ2n) is 6.00. The molecule has 2 aromatic heterocycles. The van der Waals surface area contributed by atoms with Crippen molar-refractivity contribution in [2.75, 3.05) is 13.1 Å². The summed E-state index contributed by atoms with van der Waals surface area (Å²) in [6, 6.07) is 11.7. The van der Waals surface area contributed by atoms with Gasteiger partial charge in [-0.05, 0) is 50.2 Å². The molecule has 0 spiro atoms. The Hall–Kier alpha value is -3.16. The number of aromatic nitrogens is 3. The minimum absolute atomic E-state index is 0.117. The summed E-state index contributed by atoms with van der Waals surface area (Å²) < 4.78 is 20.6. The number of fused-ring (bicyclic) bond motifs is 1. The number of nitrogens with one attached hydrogen (secondary N) is 2. The SMILES string of the molecule is CCNC(=NCc1nnc2ccccn12)NCC(C)Oc1ccc(F)cc1. The molecule has 2 N–H and O–H groups in total. The number of benzene rings is 1. The molecule has 27 heavy (non-hydrogen) atoms. The first-order valence-corrected chi connectivity index (χ1v) is 8.88. The maximum Gasteiger partial charge on any atom is 0.191 e. The number of halogens is 1. The largest absolute Gasteiger partial charge is 0.489 e. The lowest BCUT2D eigenvalue weighted by Gasteiger charge is -2.17. The van der Waals surface area contributed by atoms with Gasteiger partial charge in [0.05, 0.1) is 6.54 Å². The molecule has 0 saturated carbocycles. The highest BCUT2D eigenvalue weighted by molar-refractivity contribution is 5.79. The van der Waals surface area contributed by atoms with Crippen LogP contribution >= 0.6 is 0 Å². The molecular weight excluding hydrogens is 347 g/mol. The molecule has 0 amide bonds. The molecule has 1 aromatic carbocycles. The molecule has 0 aliphatic heterocycles. The molecule has 0 saturated heterocycles. The molecule has 3 rings (SSSR count). The Morgan fingerprint density at radius 2 is 2.00 bits per heavy atom. The Kier molecular flexibility index (Phi) is 6.19. The van der Waals surface area contributed by atoms with Crippen molar-refractivity contribution in [3.05, 3.63) is 60.3 Å². The molecule has 2 heterocycles. The van der Waals surface area contributed by atoms with Crippen LogP contribution in [0.4, 0.5) is 4.39 Å². The molecule has 1 unspecified atom stereocenters. The van der Waals surface area contributed by atoms with Gasteiger partial charge in [-0.25, -0.2) is 9.38 Å². The van der Waals surface area contributed by atoms with Gasteiger partial charge >= 0.3 is 0 Å². The van der Waals surface area contributed by atoms with E-state index in [4.69, 9.17) is 4.74 Å². The van der Waals surface area contributed by atoms with Crippen molar-refractivity contribution in [1.82, 2.24) is 25.2 Å². The van der Waals surface area contributed by atoms with Crippen molar-refractivity contribution in [2.24, 2.45) is 4.99 Å². The maximum absolute atomic E-state index is 13.0. The minimum Gasteiger partial charge on any atom is -0.489 e. The molecular formula is C19H23FN6O. The Bertz CT molecular complexity index is 893. The van der Waals surface area contributed by atoms with E-state index in [1.807, 2.05) is 42.6 Å². The molecule has 1 atom stereocenters. The van der Waals surface area contributed by atoms with Crippen LogP contribution in [0, 0.1) is 5.82 Å². The summed E-state index contributed by atoms with van der Waals surface area (Å²) >= 11 is 0. The van der Waals surface area contributed by atoms with Crippen LogP contribution in [0.2, 0.25) is 0 Å². The van der Waals surface area contributed by atoms with Gasteiger partial charge in [-0.2, -0.15) is 0 Å². The minimum atomic E-state index is -0.282. The molecule has 0 aliphatic carbocycles. The standard InChI is InChI=1S/C19H23FN6O/c1-3-21-19(22-12-14(2)27-16-9-7-15(20)8-10-16)23-13-18-25-24-17-6-4-5-11-26(17)18/h4-11,14H,3,12-13H2,1-2H3,(H2,21,22,23). The van der Waals surface area contributed by atoms with E-state index < -0.39 is 0 Å². The zero-order valence-electron chi connectivity index (χ0n) is 15.4. The van der Waals surface area contributed by atoms with E-state index in [9.17, 15) is 4.39 Å². The molecule has 7 nitrogen and oxygen atoms in total. The Balaban J connectivity index is 1.57. The van der Waals surface area contributed by atoms with Gasteiger partial charge in [-0.3, -0.25) is 4.40 Å². The summed E-state index contributed by atoms with van der Waals surface area (Å²) in [5.41, 5.74) is 0.793. The van der Waals surface area contributed by atoms with Crippen LogP contribution in [0.3, 0.4) is 0 Å². The molecule has 0 bridgehead atoms. The predicted octanol–water partition coefficient (Wildman–Crippen LogP) is 2.39. The lowest BCUT2D eigenvalue weighted by atomic mass is 10.3. The van der Waals surface area contributed by atoms with Crippen LogP contribution in [0.15, 0.2) is 53.7 Å². The first-order chi connectivity index (χ1) is 13.2. The number of rotatable bonds is 7. The summed E-state index contributed by atoms with van der Waals surface area (Å²) in [6.45, 7) is 5.62. The molecule has 3 aromatic rings. The van der Waals surface area contributed by atoms with Crippen molar-refractivity contribution >= 4 is 11.6 Å². The van der Waals surface area contributed by atoms with E-state index in [-0.39, 0.29) is 11.9 Å². The third-order valence-corrected chi connectivity index (χ3v) is 3.82. The van der Waals surface area contributed by atoms with Crippen molar-refractivity contribution < 1.29 is 9.13 Å². The predicted molar refractivity (Wildman–Crippen MR) is 102 cm³/mol. The number of aliphatic imine (C=N–C) groups is 1. The molecule has 142 valence electrons. The normalized spacial score (nSPS) is 12.8. The fourth-order valence-electron chi connectivity index (χ4n) is 2.52. The van der Waals surface area contributed by atoms with Crippen molar-refractivity contribution in [2.45, 2.75) is 26.5 Å². The first kappa shape index (κ1) is 18.6. The van der Waals surface area contributed by atoms with Gasteiger partial charge in [0.1, 0.15) is 24.2 Å². The monoisotopic (exact) mass is 370 g/mol. The number of guanidine groups is 1. The van der Waals surface area contributed by atoms with Gasteiger partial charge in [0, 0.05) is 12.7 Å². The lowest BCUT2D eigenvalue weighted by molar-refractivity contribution is 0.223. The summed E-state index contributed by atoms with van der Waals surface area (Å²) in [7, 11) is 0. The third-order valence-electron chi connectivity index (χ3n) is 3.82. The smallest absolute Gasteiger partial charge is 0.191 e. The van der Waals surface area contributed by atoms with E-state index >= 15 is 0 Å². The fraction of sp³-hybridized carbons (Fsp3) is 0.316. The van der Waals surface area contributed by atoms with Crippen LogP contribution in [-0.4, -0.2) is 39.8 Å². The average Bonchev–Trinajstić information content (AvgIpc) is 3.09. The van der Waals surface area contributed by atoms with Gasteiger partial charge in [0.25, 0.3) is 0 Å². The van der Waals surface area contributed by atoms with Gasteiger partial charge < -0.3 is 15.4 Å². The molecule has 0 aliphatic rings. The average molecular weight is 370 g/mol. The number of ether oxygens (including phenoxy) is 1. The van der Waals surface area contributed by atoms with Crippen molar-refractivity contribution in [3.63, 3.8) is 0 Å². The highest BCUT2D eigenvalue weighted by Gasteiger charge is 2.08. The Morgan fingerprint density at radius 3 is 2.78 bits per heavy atom. The summed E-state index contributed by atoms with van der Waals surface area (Å²) in [6.07, 6.45) is 1.80. The first-order valence-electron chi connectivity index (χ1n) is 8.88. The van der Waals surface area contributed by atoms with Crippen LogP contribution in [0.25, 0.3) is 5.65 Å². The summed E-state index contributed by atoms with van der Waals surface area (Å²) in [5, 5.41) is 14.7. The van der Waals surface area contributed by atoms with Crippen LogP contribution in [0.1, 0.15) is 19.7 Å². The van der Waals surface area contributed by atoms with Gasteiger partial charge in [0.15, 0.2) is 17.4 Å². The van der Waals surface area contributed by atoms with E-state index in [0.717, 1.165) is 18.0 Å². The van der Waals surface area contributed by atoms with E-state index in [1.165, 1.54) is 12.1 Å². The second kappa shape index (κ2) is 8.98. The zero-order chi connectivity index (χ0) is 19.1. The number of hydrogen-bond acceptors (Lipinski definition) is 4. The maximum atomic E-state index is 13.0. The summed E-state index contributed by atoms with van der Waals surface area (Å²) in [5.74, 6) is 1.77. The highest BCUT2D eigenvalue weighted by atomic mass is 19.1. The third kappa shape index (κ3) is 5.16. The molecule has 0 fully saturated rings. The van der Waals surface area contributed by atoms with Crippen molar-refractivity contribution in [1.29, 1.82) is 0 Å². The number of nitrogens with zero attached hydrogens (tertiary/aromatic N) is 4. The Morgan fingerprint density at radius 1 is 1.19 bits per heavy atom. The van der Waals surface area contributed by atoms with Crippen LogP contribution in [0.5, 0.6) is 5.75 Å². The van der Waals surface area contributed by atoms with E-state index in [2.05, 4.69) is 25.8 Å². The van der Waals surface area contributed by atoms with E-state index in [1.54, 1.807) is 12.1 Å². The van der Waals surface area contributed by atoms with E-state index in [0.29, 0.717) is 24.8 Å². The number of hydrogen-bond donors (Lipinski definition) is 2. The highest BCUT2D eigenvalue weighted by Crippen LogP contribution is 2.12. The van der Waals surface area contributed by atoms with Gasteiger partial charge in [-0.15, -0.1) is 10.2 Å². The molecule has 0 radical (unpaired) electrons. The van der Waals surface area contributed by atoms with Gasteiger partial charge in [0.2, 0.25) is 0 Å². The molecule has 8 heteroatoms. The Labute approximate surface area is 157 Å². The number of pyridine rings is 1. The van der Waals surface area contributed by atoms with Gasteiger partial charge in [-0.1, -0.05) is 6.07 Å². The fourth-order valence-corrected chi connectivity index (χ4v) is 2.52. The van der Waals surface area contributed by atoms with Crippen LogP contribution in [-0.2, 0) is 6.54 Å². The summed E-state index contributed by atoms with van der Waals surface area (Å²) in [4.78, 5) is 4.56. The van der Waals surface area contributed by atoms with Crippen molar-refractivity contribution in [3.8, 4) is 5.75 Å². The topological polar surface area (TPSA) is 75.8 Å². The zero-order valence-corrected chi connectivity index (χ0v) is 15.4. The van der Waals surface area contributed by atoms with Crippen LogP contribution < -0.4 is 15.4 Å². The quantitative estimate of drug-likeness (QED) is 0.493.